The molecule has 2 atom stereocenters. The van der Waals surface area contributed by atoms with E-state index in [2.05, 4.69) is 0 Å². The number of aromatic carboxylic acids is 1. The molecule has 1 fully saturated rings. The highest BCUT2D eigenvalue weighted by molar-refractivity contribution is 6.30. The summed E-state index contributed by atoms with van der Waals surface area (Å²) in [6.07, 6.45) is 5.37. The van der Waals surface area contributed by atoms with Crippen LogP contribution in [0.1, 0.15) is 34.3 Å². The monoisotopic (exact) mass is 413 g/mol. The lowest BCUT2D eigenvalue weighted by Crippen LogP contribution is -2.33. The van der Waals surface area contributed by atoms with Crippen LogP contribution >= 0.6 is 11.6 Å². The summed E-state index contributed by atoms with van der Waals surface area (Å²) in [6.45, 7) is 0.560. The van der Waals surface area contributed by atoms with Gasteiger partial charge in [0.1, 0.15) is 0 Å². The fourth-order valence-electron chi connectivity index (χ4n) is 3.54. The molecule has 0 aliphatic carbocycles. The number of rotatable bonds is 8. The molecule has 1 aliphatic heterocycles. The number of amides is 1. The average molecular weight is 414 g/mol. The fourth-order valence-corrected chi connectivity index (χ4v) is 3.75. The van der Waals surface area contributed by atoms with Crippen LogP contribution in [0.5, 0.6) is 0 Å². The summed E-state index contributed by atoms with van der Waals surface area (Å²) >= 11 is 5.98. The van der Waals surface area contributed by atoms with Crippen molar-refractivity contribution in [2.75, 3.05) is 6.54 Å². The summed E-state index contributed by atoms with van der Waals surface area (Å²) in [5.41, 5.74) is 2.19. The van der Waals surface area contributed by atoms with E-state index in [-0.39, 0.29) is 17.5 Å². The largest absolute Gasteiger partial charge is 0.478 e. The number of hydrogen-bond donors (Lipinski definition) is 2. The Labute approximate surface area is 175 Å². The van der Waals surface area contributed by atoms with Crippen molar-refractivity contribution < 1.29 is 19.8 Å². The lowest BCUT2D eigenvalue weighted by Gasteiger charge is -2.23. The normalized spacial score (nSPS) is 17.8. The van der Waals surface area contributed by atoms with E-state index >= 15 is 0 Å². The lowest BCUT2D eigenvalue weighted by molar-refractivity contribution is -0.128. The number of aliphatic hydroxyl groups is 1. The van der Waals surface area contributed by atoms with Gasteiger partial charge in [0.25, 0.3) is 0 Å². The van der Waals surface area contributed by atoms with Crippen molar-refractivity contribution >= 4 is 23.5 Å². The molecule has 0 radical (unpaired) electrons. The number of carboxylic acids is 1. The summed E-state index contributed by atoms with van der Waals surface area (Å²) in [6, 6.07) is 14.1. The van der Waals surface area contributed by atoms with E-state index in [4.69, 9.17) is 16.7 Å². The van der Waals surface area contributed by atoms with Gasteiger partial charge < -0.3 is 15.1 Å². The van der Waals surface area contributed by atoms with Crippen molar-refractivity contribution in [3.8, 4) is 0 Å². The van der Waals surface area contributed by atoms with Gasteiger partial charge in [0.2, 0.25) is 5.91 Å². The van der Waals surface area contributed by atoms with Crippen molar-refractivity contribution in [2.45, 2.75) is 37.8 Å². The van der Waals surface area contributed by atoms with E-state index < -0.39 is 12.1 Å². The number of carboxylic acid groups (broad SMARTS) is 1. The van der Waals surface area contributed by atoms with Gasteiger partial charge in [-0.15, -0.1) is 0 Å². The van der Waals surface area contributed by atoms with Crippen molar-refractivity contribution in [1.82, 2.24) is 4.90 Å². The highest BCUT2D eigenvalue weighted by atomic mass is 35.5. The van der Waals surface area contributed by atoms with Crippen LogP contribution in [0.2, 0.25) is 5.02 Å². The molecule has 1 heterocycles. The SMILES string of the molecule is O=C(O)c1ccc(CCN2C(=O)CC[C@@H]2C=CC(O)Cc2cccc(Cl)c2)cc1. The highest BCUT2D eigenvalue weighted by Gasteiger charge is 2.28. The predicted octanol–water partition coefficient (Wildman–Crippen LogP) is 3.73. The highest BCUT2D eigenvalue weighted by Crippen LogP contribution is 2.21. The molecule has 29 heavy (non-hydrogen) atoms. The van der Waals surface area contributed by atoms with Gasteiger partial charge in [-0.3, -0.25) is 4.79 Å². The first-order valence-corrected chi connectivity index (χ1v) is 10.0. The van der Waals surface area contributed by atoms with Gasteiger partial charge in [0, 0.05) is 24.4 Å². The summed E-state index contributed by atoms with van der Waals surface area (Å²) in [4.78, 5) is 25.0. The zero-order valence-electron chi connectivity index (χ0n) is 16.0. The number of aliphatic hydroxyl groups excluding tert-OH is 1. The topological polar surface area (TPSA) is 77.8 Å². The second kappa shape index (κ2) is 9.72. The average Bonchev–Trinajstić information content (AvgIpc) is 3.04. The Morgan fingerprint density at radius 3 is 2.66 bits per heavy atom. The third-order valence-corrected chi connectivity index (χ3v) is 5.34. The first-order chi connectivity index (χ1) is 13.9. The molecule has 3 rings (SSSR count). The third kappa shape index (κ3) is 5.92. The molecule has 2 aromatic rings. The van der Waals surface area contributed by atoms with Crippen LogP contribution < -0.4 is 0 Å². The van der Waals surface area contributed by atoms with Crippen LogP contribution in [0, 0.1) is 0 Å². The van der Waals surface area contributed by atoms with E-state index in [9.17, 15) is 14.7 Å². The number of likely N-dealkylation sites (tertiary alicyclic amines) is 1. The minimum absolute atomic E-state index is 0.0326. The summed E-state index contributed by atoms with van der Waals surface area (Å²) < 4.78 is 0. The van der Waals surface area contributed by atoms with Gasteiger partial charge in [-0.1, -0.05) is 48.0 Å². The fraction of sp³-hybridized carbons (Fsp3) is 0.304. The van der Waals surface area contributed by atoms with Gasteiger partial charge in [0.15, 0.2) is 0 Å². The van der Waals surface area contributed by atoms with Crippen LogP contribution in [-0.4, -0.2) is 45.7 Å². The summed E-state index contributed by atoms with van der Waals surface area (Å²) in [5.74, 6) is -0.848. The zero-order chi connectivity index (χ0) is 20.8. The smallest absolute Gasteiger partial charge is 0.335 e. The van der Waals surface area contributed by atoms with Crippen molar-refractivity contribution in [3.05, 3.63) is 82.4 Å². The molecule has 1 saturated heterocycles. The van der Waals surface area contributed by atoms with Gasteiger partial charge in [0.05, 0.1) is 17.7 Å². The van der Waals surface area contributed by atoms with E-state index in [1.807, 2.05) is 29.2 Å². The van der Waals surface area contributed by atoms with Crippen molar-refractivity contribution in [2.24, 2.45) is 0 Å². The number of hydrogen-bond acceptors (Lipinski definition) is 3. The van der Waals surface area contributed by atoms with Gasteiger partial charge in [-0.25, -0.2) is 4.79 Å². The Balaban J connectivity index is 1.56. The van der Waals surface area contributed by atoms with Crippen LogP contribution in [0.4, 0.5) is 0 Å². The summed E-state index contributed by atoms with van der Waals surface area (Å²) in [5, 5.41) is 19.9. The zero-order valence-corrected chi connectivity index (χ0v) is 16.8. The quantitative estimate of drug-likeness (QED) is 0.646. The maximum Gasteiger partial charge on any atom is 0.335 e. The summed E-state index contributed by atoms with van der Waals surface area (Å²) in [7, 11) is 0. The molecule has 2 N–H and O–H groups in total. The van der Waals surface area contributed by atoms with Gasteiger partial charge >= 0.3 is 5.97 Å². The Bertz CT molecular complexity index is 894. The van der Waals surface area contributed by atoms with E-state index in [1.165, 1.54) is 0 Å². The van der Waals surface area contributed by atoms with Crippen LogP contribution in [0.15, 0.2) is 60.7 Å². The van der Waals surface area contributed by atoms with Gasteiger partial charge in [-0.2, -0.15) is 0 Å². The molecule has 1 amide bonds. The van der Waals surface area contributed by atoms with Crippen molar-refractivity contribution in [3.63, 3.8) is 0 Å². The molecule has 1 unspecified atom stereocenters. The second-order valence-corrected chi connectivity index (χ2v) is 7.67. The molecular formula is C23H24ClNO4. The van der Waals surface area contributed by atoms with Crippen LogP contribution in [0.3, 0.4) is 0 Å². The minimum Gasteiger partial charge on any atom is -0.478 e. The number of benzene rings is 2. The van der Waals surface area contributed by atoms with E-state index in [1.54, 1.807) is 36.4 Å². The van der Waals surface area contributed by atoms with Crippen LogP contribution in [0.25, 0.3) is 0 Å². The first kappa shape index (κ1) is 21.1. The molecular weight excluding hydrogens is 390 g/mol. The third-order valence-electron chi connectivity index (χ3n) is 5.11. The lowest BCUT2D eigenvalue weighted by atomic mass is 10.1. The Kier molecular flexibility index (Phi) is 7.07. The van der Waals surface area contributed by atoms with Crippen molar-refractivity contribution in [1.29, 1.82) is 0 Å². The second-order valence-electron chi connectivity index (χ2n) is 7.23. The Morgan fingerprint density at radius 2 is 1.97 bits per heavy atom. The minimum atomic E-state index is -0.951. The number of carbonyl (C=O) groups excluding carboxylic acids is 1. The molecule has 0 spiro atoms. The predicted molar refractivity (Wildman–Crippen MR) is 112 cm³/mol. The maximum atomic E-state index is 12.3. The van der Waals surface area contributed by atoms with Gasteiger partial charge in [-0.05, 0) is 48.2 Å². The number of nitrogens with zero attached hydrogens (tertiary/aromatic N) is 1. The number of carbonyl (C=O) groups is 2. The van der Waals surface area contributed by atoms with E-state index in [0.717, 1.165) is 17.5 Å². The number of halogens is 1. The molecule has 5 nitrogen and oxygen atoms in total. The molecule has 2 aromatic carbocycles. The molecule has 1 aliphatic rings. The first-order valence-electron chi connectivity index (χ1n) is 9.65. The molecule has 0 saturated carbocycles. The Hall–Kier alpha value is -2.63. The molecule has 0 aromatic heterocycles. The Morgan fingerprint density at radius 1 is 1.21 bits per heavy atom. The maximum absolute atomic E-state index is 12.3. The standard InChI is InChI=1S/C23H24ClNO4/c24-19-3-1-2-17(14-19)15-21(26)10-8-20-9-11-22(27)25(20)13-12-16-4-6-18(7-5-16)23(28)29/h1-8,10,14,20-21,26H,9,11-13,15H2,(H,28,29)/t20-,21?/m0/s1. The van der Waals surface area contributed by atoms with E-state index in [0.29, 0.717) is 30.8 Å². The molecule has 0 bridgehead atoms. The van der Waals surface area contributed by atoms with Crippen LogP contribution in [-0.2, 0) is 17.6 Å². The molecule has 152 valence electrons. The molecule has 6 heteroatoms.